The van der Waals surface area contributed by atoms with E-state index in [1.54, 1.807) is 0 Å². The maximum atomic E-state index is 11.8. The number of piperidine rings is 1. The molecule has 88 valence electrons. The first-order chi connectivity index (χ1) is 6.87. The van der Waals surface area contributed by atoms with Gasteiger partial charge in [0.25, 0.3) is 10.2 Å². The Morgan fingerprint density at radius 3 is 2.47 bits per heavy atom. The van der Waals surface area contributed by atoms with Crippen LogP contribution in [0.2, 0.25) is 0 Å². The van der Waals surface area contributed by atoms with Gasteiger partial charge in [-0.25, -0.2) is 0 Å². The van der Waals surface area contributed by atoms with Crippen LogP contribution in [-0.4, -0.2) is 54.8 Å². The molecule has 0 unspecified atom stereocenters. The van der Waals surface area contributed by atoms with E-state index in [0.717, 1.165) is 21.5 Å². The summed E-state index contributed by atoms with van der Waals surface area (Å²) in [6.07, 6.45) is 1.87. The average molecular weight is 236 g/mol. The highest BCUT2D eigenvalue weighted by atomic mass is 32.2. The van der Waals surface area contributed by atoms with E-state index in [-0.39, 0.29) is 6.54 Å². The Balaban J connectivity index is 2.95. The molecule has 1 heterocycles. The topological polar surface area (TPSA) is 77.9 Å². The fourth-order valence-electron chi connectivity index (χ4n) is 1.64. The minimum Gasteiger partial charge on any atom is -0.480 e. The molecule has 15 heavy (non-hydrogen) atoms. The lowest BCUT2D eigenvalue weighted by atomic mass is 10.1. The maximum Gasteiger partial charge on any atom is 0.322 e. The van der Waals surface area contributed by atoms with Gasteiger partial charge in [0.05, 0.1) is 0 Å². The highest BCUT2D eigenvalue weighted by molar-refractivity contribution is 7.86. The summed E-state index contributed by atoms with van der Waals surface area (Å²) in [5.41, 5.74) is 0. The van der Waals surface area contributed by atoms with Crippen LogP contribution in [0.4, 0.5) is 0 Å². The predicted molar refractivity (Wildman–Crippen MR) is 54.6 cm³/mol. The zero-order valence-corrected chi connectivity index (χ0v) is 9.70. The molecule has 1 aliphatic rings. The molecule has 0 aromatic rings. The molecule has 6 nitrogen and oxygen atoms in total. The third kappa shape index (κ3) is 2.47. The number of rotatable bonds is 3. The number of hydrogen-bond donors (Lipinski definition) is 1. The van der Waals surface area contributed by atoms with Gasteiger partial charge in [0, 0.05) is 20.6 Å². The molecular weight excluding hydrogens is 220 g/mol. The van der Waals surface area contributed by atoms with Crippen LogP contribution in [0.5, 0.6) is 0 Å². The van der Waals surface area contributed by atoms with Gasteiger partial charge in [-0.1, -0.05) is 0 Å². The van der Waals surface area contributed by atoms with Crippen molar-refractivity contribution in [2.75, 3.05) is 20.6 Å². The summed E-state index contributed by atoms with van der Waals surface area (Å²) in [7, 11) is -0.797. The number of carboxylic acids is 1. The van der Waals surface area contributed by atoms with Crippen molar-refractivity contribution in [1.82, 2.24) is 8.61 Å². The van der Waals surface area contributed by atoms with Crippen LogP contribution in [0, 0.1) is 0 Å². The Hall–Kier alpha value is -0.660. The maximum absolute atomic E-state index is 11.8. The summed E-state index contributed by atoms with van der Waals surface area (Å²) in [6.45, 7) is 0.289. The molecule has 0 aromatic heterocycles. The molecule has 1 aliphatic heterocycles. The van der Waals surface area contributed by atoms with Crippen LogP contribution < -0.4 is 0 Å². The first-order valence-electron chi connectivity index (χ1n) is 4.79. The number of hydrogen-bond acceptors (Lipinski definition) is 3. The summed E-state index contributed by atoms with van der Waals surface area (Å²) in [6, 6.07) is -0.911. The van der Waals surface area contributed by atoms with Gasteiger partial charge < -0.3 is 5.11 Å². The highest BCUT2D eigenvalue weighted by Crippen LogP contribution is 2.21. The Labute approximate surface area is 89.7 Å². The number of aliphatic carboxylic acids is 1. The Morgan fingerprint density at radius 1 is 1.40 bits per heavy atom. The minimum absolute atomic E-state index is 0.289. The largest absolute Gasteiger partial charge is 0.480 e. The summed E-state index contributed by atoms with van der Waals surface area (Å²) in [4.78, 5) is 10.9. The van der Waals surface area contributed by atoms with Crippen molar-refractivity contribution < 1.29 is 18.3 Å². The molecular formula is C8H16N2O4S. The zero-order chi connectivity index (χ0) is 11.6. The second-order valence-electron chi connectivity index (χ2n) is 3.75. The van der Waals surface area contributed by atoms with Crippen LogP contribution in [0.1, 0.15) is 19.3 Å². The van der Waals surface area contributed by atoms with Crippen molar-refractivity contribution >= 4 is 16.2 Å². The van der Waals surface area contributed by atoms with E-state index < -0.39 is 22.2 Å². The standard InChI is InChI=1S/C8H16N2O4S/c1-9(2)15(13,14)10-6-4-3-5-7(10)8(11)12/h7H,3-6H2,1-2H3,(H,11,12)/t7-/m0/s1. The van der Waals surface area contributed by atoms with E-state index in [9.17, 15) is 13.2 Å². The second kappa shape index (κ2) is 4.46. The first-order valence-corrected chi connectivity index (χ1v) is 6.19. The number of carbonyl (C=O) groups is 1. The fourth-order valence-corrected chi connectivity index (χ4v) is 2.93. The van der Waals surface area contributed by atoms with Crippen molar-refractivity contribution in [2.45, 2.75) is 25.3 Å². The third-order valence-corrected chi connectivity index (χ3v) is 4.45. The van der Waals surface area contributed by atoms with Gasteiger partial charge >= 0.3 is 5.97 Å². The van der Waals surface area contributed by atoms with Gasteiger partial charge in [0.2, 0.25) is 0 Å². The highest BCUT2D eigenvalue weighted by Gasteiger charge is 2.37. The quantitative estimate of drug-likeness (QED) is 0.732. The minimum atomic E-state index is -3.61. The molecule has 0 spiro atoms. The van der Waals surface area contributed by atoms with Gasteiger partial charge in [0.15, 0.2) is 0 Å². The van der Waals surface area contributed by atoms with Crippen molar-refractivity contribution in [3.8, 4) is 0 Å². The number of nitrogens with zero attached hydrogens (tertiary/aromatic N) is 2. The molecule has 1 rings (SSSR count). The van der Waals surface area contributed by atoms with E-state index in [2.05, 4.69) is 0 Å². The van der Waals surface area contributed by atoms with Crippen LogP contribution >= 0.6 is 0 Å². The molecule has 0 aliphatic carbocycles. The molecule has 1 N–H and O–H groups in total. The molecule has 1 saturated heterocycles. The van der Waals surface area contributed by atoms with Gasteiger partial charge in [-0.3, -0.25) is 4.79 Å². The molecule has 0 bridgehead atoms. The molecule has 0 aromatic carbocycles. The lowest BCUT2D eigenvalue weighted by Crippen LogP contribution is -2.51. The molecule has 0 saturated carbocycles. The van der Waals surface area contributed by atoms with Crippen LogP contribution in [0.15, 0.2) is 0 Å². The fraction of sp³-hybridized carbons (Fsp3) is 0.875. The predicted octanol–water partition coefficient (Wildman–Crippen LogP) is -0.268. The smallest absolute Gasteiger partial charge is 0.322 e. The van der Waals surface area contributed by atoms with Crippen molar-refractivity contribution in [3.05, 3.63) is 0 Å². The van der Waals surface area contributed by atoms with Gasteiger partial charge in [-0.15, -0.1) is 0 Å². The normalized spacial score (nSPS) is 24.3. The van der Waals surface area contributed by atoms with Gasteiger partial charge in [-0.05, 0) is 19.3 Å². The third-order valence-electron chi connectivity index (χ3n) is 2.50. The summed E-state index contributed by atoms with van der Waals surface area (Å²) >= 11 is 0. The Kier molecular flexibility index (Phi) is 3.69. The van der Waals surface area contributed by atoms with Crippen LogP contribution in [0.25, 0.3) is 0 Å². The summed E-state index contributed by atoms with van der Waals surface area (Å²) in [5.74, 6) is -1.07. The molecule has 0 radical (unpaired) electrons. The van der Waals surface area contributed by atoms with Crippen molar-refractivity contribution in [3.63, 3.8) is 0 Å². The SMILES string of the molecule is CN(C)S(=O)(=O)N1CCCC[C@H]1C(=O)O. The molecule has 0 amide bonds. The van der Waals surface area contributed by atoms with E-state index in [1.807, 2.05) is 0 Å². The monoisotopic (exact) mass is 236 g/mol. The average Bonchev–Trinajstić information content (AvgIpc) is 2.17. The molecule has 7 heteroatoms. The molecule has 1 fully saturated rings. The lowest BCUT2D eigenvalue weighted by molar-refractivity contribution is -0.142. The van der Waals surface area contributed by atoms with Gasteiger partial charge in [0.1, 0.15) is 6.04 Å². The van der Waals surface area contributed by atoms with Gasteiger partial charge in [-0.2, -0.15) is 17.0 Å². The first kappa shape index (κ1) is 12.4. The number of carboxylic acid groups (broad SMARTS) is 1. The van der Waals surface area contributed by atoms with Crippen molar-refractivity contribution in [1.29, 1.82) is 0 Å². The van der Waals surface area contributed by atoms with E-state index >= 15 is 0 Å². The second-order valence-corrected chi connectivity index (χ2v) is 5.85. The lowest BCUT2D eigenvalue weighted by Gasteiger charge is -2.33. The van der Waals surface area contributed by atoms with Crippen LogP contribution in [0.3, 0.4) is 0 Å². The summed E-state index contributed by atoms with van der Waals surface area (Å²) in [5, 5.41) is 8.93. The van der Waals surface area contributed by atoms with Crippen LogP contribution in [-0.2, 0) is 15.0 Å². The Bertz CT molecular complexity index is 339. The van der Waals surface area contributed by atoms with E-state index in [4.69, 9.17) is 5.11 Å². The summed E-state index contributed by atoms with van der Waals surface area (Å²) < 4.78 is 25.7. The Morgan fingerprint density at radius 2 is 2.00 bits per heavy atom. The van der Waals surface area contributed by atoms with E-state index in [0.29, 0.717) is 6.42 Å². The molecule has 1 atom stereocenters. The zero-order valence-electron chi connectivity index (χ0n) is 8.88. The van der Waals surface area contributed by atoms with Crippen molar-refractivity contribution in [2.24, 2.45) is 0 Å². The van der Waals surface area contributed by atoms with E-state index in [1.165, 1.54) is 14.1 Å².